The minimum Gasteiger partial charge on any atom is -0.292 e. The third-order valence-corrected chi connectivity index (χ3v) is 4.01. The van der Waals surface area contributed by atoms with Crippen LogP contribution < -0.4 is 0 Å². The van der Waals surface area contributed by atoms with Crippen LogP contribution in [0.1, 0.15) is 21.8 Å². The summed E-state index contributed by atoms with van der Waals surface area (Å²) in [6.45, 7) is 0. The molecule has 1 unspecified atom stereocenters. The first-order chi connectivity index (χ1) is 9.97. The van der Waals surface area contributed by atoms with E-state index in [0.717, 1.165) is 0 Å². The maximum Gasteiger partial charge on any atom is 0.186 e. The molecule has 1 atom stereocenters. The molecule has 0 saturated carbocycles. The van der Waals surface area contributed by atoms with Gasteiger partial charge in [0.25, 0.3) is 0 Å². The highest BCUT2D eigenvalue weighted by Crippen LogP contribution is 2.32. The minimum absolute atomic E-state index is 0.0341. The van der Waals surface area contributed by atoms with Gasteiger partial charge in [0, 0.05) is 11.1 Å². The highest BCUT2D eigenvalue weighted by molar-refractivity contribution is 6.44. The van der Waals surface area contributed by atoms with Gasteiger partial charge < -0.3 is 0 Å². The van der Waals surface area contributed by atoms with Crippen molar-refractivity contribution in [2.45, 2.75) is 5.92 Å². The molecule has 21 heavy (non-hydrogen) atoms. The number of halogens is 4. The molecule has 2 rings (SSSR count). The Morgan fingerprint density at radius 2 is 1.71 bits per heavy atom. The average Bonchev–Trinajstić information content (AvgIpc) is 2.47. The highest BCUT2D eigenvalue weighted by Gasteiger charge is 2.27. The number of ketones is 1. The third kappa shape index (κ3) is 3.03. The van der Waals surface area contributed by atoms with E-state index in [4.69, 9.17) is 34.8 Å². The first kappa shape index (κ1) is 15.8. The molecule has 0 heterocycles. The van der Waals surface area contributed by atoms with Crippen LogP contribution in [0.15, 0.2) is 36.4 Å². The Morgan fingerprint density at radius 3 is 2.38 bits per heavy atom. The Morgan fingerprint density at radius 1 is 1.10 bits per heavy atom. The second kappa shape index (κ2) is 6.44. The van der Waals surface area contributed by atoms with Crippen molar-refractivity contribution in [1.29, 1.82) is 5.26 Å². The number of Topliss-reactive ketones (excluding diaryl/α,β-unsaturated/α-hetero) is 1. The Hall–Kier alpha value is -1.60. The van der Waals surface area contributed by atoms with Gasteiger partial charge >= 0.3 is 0 Å². The zero-order valence-corrected chi connectivity index (χ0v) is 12.7. The van der Waals surface area contributed by atoms with Gasteiger partial charge in [0.1, 0.15) is 11.7 Å². The summed E-state index contributed by atoms with van der Waals surface area (Å²) in [6.07, 6.45) is 0. The lowest BCUT2D eigenvalue weighted by molar-refractivity contribution is 0.0977. The van der Waals surface area contributed by atoms with Gasteiger partial charge in [-0.05, 0) is 18.2 Å². The lowest BCUT2D eigenvalue weighted by Crippen LogP contribution is -2.13. The SMILES string of the molecule is N#CC(C(=O)c1cccc(Cl)c1Cl)c1cccc(Cl)c1F. The summed E-state index contributed by atoms with van der Waals surface area (Å²) in [5.74, 6) is -2.77. The third-order valence-electron chi connectivity index (χ3n) is 2.90. The molecule has 0 aliphatic carbocycles. The highest BCUT2D eigenvalue weighted by atomic mass is 35.5. The zero-order valence-electron chi connectivity index (χ0n) is 10.4. The summed E-state index contributed by atoms with van der Waals surface area (Å²) in [5, 5.41) is 9.30. The molecule has 0 saturated heterocycles. The van der Waals surface area contributed by atoms with E-state index in [2.05, 4.69) is 0 Å². The number of hydrogen-bond donors (Lipinski definition) is 0. The van der Waals surface area contributed by atoms with Crippen LogP contribution in [-0.2, 0) is 0 Å². The molecule has 0 bridgehead atoms. The van der Waals surface area contributed by atoms with Gasteiger partial charge in [-0.25, -0.2) is 4.39 Å². The molecule has 0 aromatic heterocycles. The molecular weight excluding hydrogens is 336 g/mol. The first-order valence-corrected chi connectivity index (χ1v) is 6.92. The standard InChI is InChI=1S/C15H7Cl3FNO/c16-11-5-2-4-9(13(11)18)15(21)10(7-20)8-3-1-6-12(17)14(8)19/h1-6,10H. The van der Waals surface area contributed by atoms with Crippen molar-refractivity contribution in [2.75, 3.05) is 0 Å². The first-order valence-electron chi connectivity index (χ1n) is 5.79. The van der Waals surface area contributed by atoms with Gasteiger partial charge in [-0.15, -0.1) is 0 Å². The molecule has 2 aromatic rings. The van der Waals surface area contributed by atoms with Gasteiger partial charge in [0.15, 0.2) is 5.78 Å². The number of nitriles is 1. The molecule has 2 aromatic carbocycles. The average molecular weight is 343 g/mol. The molecule has 0 aliphatic rings. The van der Waals surface area contributed by atoms with E-state index in [1.165, 1.54) is 36.4 Å². The van der Waals surface area contributed by atoms with Crippen molar-refractivity contribution in [3.05, 3.63) is 68.4 Å². The van der Waals surface area contributed by atoms with E-state index in [1.807, 2.05) is 0 Å². The van der Waals surface area contributed by atoms with Crippen molar-refractivity contribution in [1.82, 2.24) is 0 Å². The quantitative estimate of drug-likeness (QED) is 0.712. The molecule has 0 fully saturated rings. The van der Waals surface area contributed by atoms with Gasteiger partial charge in [-0.2, -0.15) is 5.26 Å². The predicted molar refractivity (Wildman–Crippen MR) is 80.6 cm³/mol. The fourth-order valence-electron chi connectivity index (χ4n) is 1.86. The summed E-state index contributed by atoms with van der Waals surface area (Å²) >= 11 is 17.5. The van der Waals surface area contributed by atoms with E-state index in [0.29, 0.717) is 0 Å². The summed E-state index contributed by atoms with van der Waals surface area (Å²) < 4.78 is 14.0. The van der Waals surface area contributed by atoms with Gasteiger partial charge in [0.2, 0.25) is 0 Å². The number of carbonyl (C=O) groups is 1. The number of nitrogens with zero attached hydrogens (tertiary/aromatic N) is 1. The Bertz CT molecular complexity index is 755. The topological polar surface area (TPSA) is 40.9 Å². The summed E-state index contributed by atoms with van der Waals surface area (Å²) in [6, 6.07) is 10.4. The van der Waals surface area contributed by atoms with Gasteiger partial charge in [-0.1, -0.05) is 53.0 Å². The second-order valence-corrected chi connectivity index (χ2v) is 5.36. The number of hydrogen-bond acceptors (Lipinski definition) is 2. The molecule has 0 N–H and O–H groups in total. The molecule has 0 spiro atoms. The van der Waals surface area contributed by atoms with E-state index >= 15 is 0 Å². The maximum absolute atomic E-state index is 14.0. The van der Waals surface area contributed by atoms with Crippen molar-refractivity contribution in [3.63, 3.8) is 0 Å². The van der Waals surface area contributed by atoms with E-state index in [-0.39, 0.29) is 26.2 Å². The van der Waals surface area contributed by atoms with E-state index in [1.54, 1.807) is 6.07 Å². The van der Waals surface area contributed by atoms with Gasteiger partial charge in [-0.3, -0.25) is 4.79 Å². The summed E-state index contributed by atoms with van der Waals surface area (Å²) in [7, 11) is 0. The summed E-state index contributed by atoms with van der Waals surface area (Å²) in [4.78, 5) is 12.4. The second-order valence-electron chi connectivity index (χ2n) is 4.17. The smallest absolute Gasteiger partial charge is 0.186 e. The van der Waals surface area contributed by atoms with Crippen LogP contribution >= 0.6 is 34.8 Å². The number of carbonyl (C=O) groups excluding carboxylic acids is 1. The van der Waals surface area contributed by atoms with Crippen LogP contribution in [0.4, 0.5) is 4.39 Å². The largest absolute Gasteiger partial charge is 0.292 e. The fourth-order valence-corrected chi connectivity index (χ4v) is 2.44. The predicted octanol–water partition coefficient (Wildman–Crippen LogP) is 5.28. The molecule has 106 valence electrons. The molecule has 2 nitrogen and oxygen atoms in total. The molecule has 0 aliphatic heterocycles. The summed E-state index contributed by atoms with van der Waals surface area (Å²) in [5.41, 5.74) is -0.0267. The Kier molecular flexibility index (Phi) is 4.84. The van der Waals surface area contributed by atoms with Crippen LogP contribution in [0.3, 0.4) is 0 Å². The van der Waals surface area contributed by atoms with E-state index < -0.39 is 17.5 Å². The van der Waals surface area contributed by atoms with Crippen LogP contribution in [-0.4, -0.2) is 5.78 Å². The van der Waals surface area contributed by atoms with Crippen LogP contribution in [0.2, 0.25) is 15.1 Å². The van der Waals surface area contributed by atoms with Crippen LogP contribution in [0, 0.1) is 17.1 Å². The van der Waals surface area contributed by atoms with Crippen molar-refractivity contribution in [3.8, 4) is 6.07 Å². The number of rotatable bonds is 3. The van der Waals surface area contributed by atoms with Crippen LogP contribution in [0.25, 0.3) is 0 Å². The number of benzene rings is 2. The molecule has 0 amide bonds. The van der Waals surface area contributed by atoms with Crippen molar-refractivity contribution >= 4 is 40.6 Å². The van der Waals surface area contributed by atoms with Crippen molar-refractivity contribution in [2.24, 2.45) is 0 Å². The van der Waals surface area contributed by atoms with Crippen LogP contribution in [0.5, 0.6) is 0 Å². The van der Waals surface area contributed by atoms with E-state index in [9.17, 15) is 14.4 Å². The molecule has 6 heteroatoms. The van der Waals surface area contributed by atoms with Gasteiger partial charge in [0.05, 0.1) is 21.1 Å². The minimum atomic E-state index is -1.35. The fraction of sp³-hybridized carbons (Fsp3) is 0.0667. The van der Waals surface area contributed by atoms with Crippen molar-refractivity contribution < 1.29 is 9.18 Å². The molecule has 0 radical (unpaired) electrons. The Balaban J connectivity index is 2.52. The normalized spacial score (nSPS) is 11.8. The lowest BCUT2D eigenvalue weighted by Gasteiger charge is -2.12. The lowest BCUT2D eigenvalue weighted by atomic mass is 9.91. The zero-order chi connectivity index (χ0) is 15.6. The molecular formula is C15H7Cl3FNO. The Labute approximate surface area is 135 Å². The maximum atomic E-state index is 14.0. The monoisotopic (exact) mass is 341 g/mol.